The Labute approximate surface area is 222 Å². The molecule has 0 heterocycles. The number of nitrogens with one attached hydrogen (secondary N) is 2. The summed E-state index contributed by atoms with van der Waals surface area (Å²) in [6.07, 6.45) is 0.914. The zero-order chi connectivity index (χ0) is 26.8. The summed E-state index contributed by atoms with van der Waals surface area (Å²) in [4.78, 5) is 15.2. The maximum Gasteiger partial charge on any atom is 0.251 e. The highest BCUT2D eigenvalue weighted by molar-refractivity contribution is 7.89. The van der Waals surface area contributed by atoms with Crippen molar-refractivity contribution >= 4 is 15.9 Å². The van der Waals surface area contributed by atoms with E-state index < -0.39 is 10.0 Å². The molecule has 0 aromatic heterocycles. The van der Waals surface area contributed by atoms with E-state index >= 15 is 0 Å². The van der Waals surface area contributed by atoms with Crippen LogP contribution in [0.2, 0.25) is 0 Å². The van der Waals surface area contributed by atoms with Gasteiger partial charge in [0.25, 0.3) is 5.91 Å². The Hall–Kier alpha value is -3.00. The van der Waals surface area contributed by atoms with Gasteiger partial charge < -0.3 is 5.32 Å². The molecule has 0 aliphatic carbocycles. The zero-order valence-electron chi connectivity index (χ0n) is 22.3. The van der Waals surface area contributed by atoms with Gasteiger partial charge in [0, 0.05) is 37.8 Å². The molecule has 0 atom stereocenters. The van der Waals surface area contributed by atoms with E-state index in [0.717, 1.165) is 30.6 Å². The summed E-state index contributed by atoms with van der Waals surface area (Å²) in [6.45, 7) is 10.8. The van der Waals surface area contributed by atoms with E-state index in [1.165, 1.54) is 5.56 Å². The van der Waals surface area contributed by atoms with Crippen LogP contribution < -0.4 is 10.0 Å². The van der Waals surface area contributed by atoms with Crippen molar-refractivity contribution in [3.05, 3.63) is 101 Å². The lowest BCUT2D eigenvalue weighted by atomic mass is 10.0. The van der Waals surface area contributed by atoms with Gasteiger partial charge in [-0.25, -0.2) is 13.1 Å². The number of carbonyl (C=O) groups excluding carboxylic acids is 1. The van der Waals surface area contributed by atoms with Gasteiger partial charge in [-0.2, -0.15) is 0 Å². The number of amides is 1. The molecule has 0 aliphatic heterocycles. The Morgan fingerprint density at radius 2 is 1.43 bits per heavy atom. The fourth-order valence-electron chi connectivity index (χ4n) is 4.06. The highest BCUT2D eigenvalue weighted by atomic mass is 32.2. The number of sulfonamides is 1. The molecule has 0 saturated heterocycles. The number of nitrogens with zero attached hydrogens (tertiary/aromatic N) is 1. The molecule has 37 heavy (non-hydrogen) atoms. The summed E-state index contributed by atoms with van der Waals surface area (Å²) >= 11 is 0. The fraction of sp³-hybridized carbons (Fsp3) is 0.367. The molecule has 0 aliphatic rings. The van der Waals surface area contributed by atoms with Gasteiger partial charge in [0.15, 0.2) is 0 Å². The van der Waals surface area contributed by atoms with E-state index in [4.69, 9.17) is 0 Å². The Morgan fingerprint density at radius 3 is 2.03 bits per heavy atom. The van der Waals surface area contributed by atoms with Crippen LogP contribution in [-0.2, 0) is 29.5 Å². The van der Waals surface area contributed by atoms with Crippen molar-refractivity contribution in [2.24, 2.45) is 5.92 Å². The maximum atomic E-state index is 12.7. The minimum atomic E-state index is -3.61. The second-order valence-corrected chi connectivity index (χ2v) is 11.8. The molecule has 3 aromatic carbocycles. The van der Waals surface area contributed by atoms with Crippen LogP contribution in [0.3, 0.4) is 0 Å². The lowest BCUT2D eigenvalue weighted by molar-refractivity contribution is 0.0944. The summed E-state index contributed by atoms with van der Waals surface area (Å²) in [5, 5.41) is 2.99. The topological polar surface area (TPSA) is 78.5 Å². The first-order chi connectivity index (χ1) is 17.6. The average molecular weight is 522 g/mol. The average Bonchev–Trinajstić information content (AvgIpc) is 2.87. The van der Waals surface area contributed by atoms with Crippen molar-refractivity contribution in [1.82, 2.24) is 14.9 Å². The van der Waals surface area contributed by atoms with E-state index in [0.29, 0.717) is 24.1 Å². The molecule has 7 heteroatoms. The van der Waals surface area contributed by atoms with E-state index in [9.17, 15) is 13.2 Å². The highest BCUT2D eigenvalue weighted by Crippen LogP contribution is 2.14. The first kappa shape index (κ1) is 28.6. The van der Waals surface area contributed by atoms with Crippen LogP contribution in [-0.4, -0.2) is 38.4 Å². The van der Waals surface area contributed by atoms with Crippen molar-refractivity contribution in [2.45, 2.75) is 58.1 Å². The number of carbonyl (C=O) groups is 1. The zero-order valence-corrected chi connectivity index (χ0v) is 23.1. The van der Waals surface area contributed by atoms with Gasteiger partial charge in [-0.3, -0.25) is 9.69 Å². The predicted molar refractivity (Wildman–Crippen MR) is 150 cm³/mol. The fourth-order valence-corrected chi connectivity index (χ4v) is 5.08. The van der Waals surface area contributed by atoms with E-state index in [1.54, 1.807) is 36.4 Å². The van der Waals surface area contributed by atoms with Crippen LogP contribution in [0, 0.1) is 5.92 Å². The third kappa shape index (κ3) is 9.11. The van der Waals surface area contributed by atoms with E-state index in [2.05, 4.69) is 54.8 Å². The molecule has 3 rings (SSSR count). The smallest absolute Gasteiger partial charge is 0.251 e. The molecule has 3 aromatic rings. The van der Waals surface area contributed by atoms with Crippen LogP contribution in [0.25, 0.3) is 0 Å². The van der Waals surface area contributed by atoms with Crippen LogP contribution in [0.15, 0.2) is 83.8 Å². The van der Waals surface area contributed by atoms with Crippen LogP contribution in [0.4, 0.5) is 0 Å². The summed E-state index contributed by atoms with van der Waals surface area (Å²) in [5.41, 5.74) is 3.70. The number of hydrogen-bond acceptors (Lipinski definition) is 4. The van der Waals surface area contributed by atoms with Gasteiger partial charge in [-0.05, 0) is 67.1 Å². The quantitative estimate of drug-likeness (QED) is 0.332. The molecule has 0 saturated carbocycles. The number of rotatable bonds is 13. The van der Waals surface area contributed by atoms with E-state index in [1.807, 2.05) is 30.3 Å². The molecule has 1 amide bonds. The predicted octanol–water partition coefficient (Wildman–Crippen LogP) is 5.00. The second-order valence-electron chi connectivity index (χ2n) is 10.1. The molecule has 0 spiro atoms. The standard InChI is InChI=1S/C30H39N3O3S/c1-23(2)20-25-12-16-29(17-13-25)37(35,36)32-21-26-10-14-28(15-11-26)30(34)31-18-19-33(24(3)4)22-27-8-6-5-7-9-27/h5-17,23-24,32H,18-22H2,1-4H3,(H,31,34). The van der Waals surface area contributed by atoms with Gasteiger partial charge >= 0.3 is 0 Å². The van der Waals surface area contributed by atoms with E-state index in [-0.39, 0.29) is 17.3 Å². The summed E-state index contributed by atoms with van der Waals surface area (Å²) in [7, 11) is -3.61. The molecule has 0 fully saturated rings. The van der Waals surface area contributed by atoms with Gasteiger partial charge in [-0.15, -0.1) is 0 Å². The Bertz CT molecular complexity index is 1220. The Kier molecular flexibility index (Phi) is 10.4. The highest BCUT2D eigenvalue weighted by Gasteiger charge is 2.15. The summed E-state index contributed by atoms with van der Waals surface area (Å²) in [6, 6.07) is 24.7. The van der Waals surface area contributed by atoms with Gasteiger partial charge in [0.1, 0.15) is 0 Å². The maximum absolute atomic E-state index is 12.7. The largest absolute Gasteiger partial charge is 0.351 e. The van der Waals surface area contributed by atoms with Crippen LogP contribution in [0.1, 0.15) is 54.7 Å². The summed E-state index contributed by atoms with van der Waals surface area (Å²) in [5.74, 6) is 0.372. The molecule has 198 valence electrons. The third-order valence-corrected chi connectivity index (χ3v) is 7.62. The lowest BCUT2D eigenvalue weighted by Crippen LogP contribution is -2.38. The molecule has 0 bridgehead atoms. The van der Waals surface area contributed by atoms with Crippen molar-refractivity contribution in [1.29, 1.82) is 0 Å². The third-order valence-electron chi connectivity index (χ3n) is 6.20. The number of hydrogen-bond donors (Lipinski definition) is 2. The molecule has 0 radical (unpaired) electrons. The van der Waals surface area contributed by atoms with Gasteiger partial charge in [-0.1, -0.05) is 68.4 Å². The lowest BCUT2D eigenvalue weighted by Gasteiger charge is -2.26. The molecular formula is C30H39N3O3S. The molecular weight excluding hydrogens is 482 g/mol. The first-order valence-electron chi connectivity index (χ1n) is 12.9. The van der Waals surface area contributed by atoms with Crippen molar-refractivity contribution in [3.63, 3.8) is 0 Å². The van der Waals surface area contributed by atoms with Crippen molar-refractivity contribution in [3.8, 4) is 0 Å². The normalized spacial score (nSPS) is 11.9. The molecule has 6 nitrogen and oxygen atoms in total. The van der Waals surface area contributed by atoms with Crippen LogP contribution in [0.5, 0.6) is 0 Å². The summed E-state index contributed by atoms with van der Waals surface area (Å²) < 4.78 is 28.0. The van der Waals surface area contributed by atoms with Gasteiger partial charge in [0.2, 0.25) is 10.0 Å². The molecule has 0 unspecified atom stereocenters. The minimum absolute atomic E-state index is 0.142. The second kappa shape index (κ2) is 13.5. The van der Waals surface area contributed by atoms with Crippen molar-refractivity contribution in [2.75, 3.05) is 13.1 Å². The first-order valence-corrected chi connectivity index (χ1v) is 14.4. The monoisotopic (exact) mass is 521 g/mol. The Balaban J connectivity index is 1.48. The van der Waals surface area contributed by atoms with Crippen molar-refractivity contribution < 1.29 is 13.2 Å². The minimum Gasteiger partial charge on any atom is -0.351 e. The van der Waals surface area contributed by atoms with Crippen LogP contribution >= 0.6 is 0 Å². The SMILES string of the molecule is CC(C)Cc1ccc(S(=O)(=O)NCc2ccc(C(=O)NCCN(Cc3ccccc3)C(C)C)cc2)cc1. The molecule has 2 N–H and O–H groups in total. The van der Waals surface area contributed by atoms with Gasteiger partial charge in [0.05, 0.1) is 4.90 Å². The Morgan fingerprint density at radius 1 is 0.811 bits per heavy atom. The number of benzene rings is 3.